The van der Waals surface area contributed by atoms with Crippen molar-refractivity contribution in [3.05, 3.63) is 0 Å². The zero-order valence-corrected chi connectivity index (χ0v) is 8.82. The Hall–Kier alpha value is -0.550. The van der Waals surface area contributed by atoms with E-state index in [0.29, 0.717) is 17.9 Å². The van der Waals surface area contributed by atoms with E-state index in [-0.39, 0.29) is 17.7 Å². The van der Waals surface area contributed by atoms with Gasteiger partial charge < -0.3 is 11.1 Å². The molecule has 0 aromatic carbocycles. The number of rotatable bonds is 7. The van der Waals surface area contributed by atoms with Gasteiger partial charge in [0.2, 0.25) is 5.91 Å². The first-order valence-corrected chi connectivity index (χ1v) is 5.27. The van der Waals surface area contributed by atoms with Gasteiger partial charge in [-0.3, -0.25) is 9.59 Å². The molecule has 0 saturated heterocycles. The van der Waals surface area contributed by atoms with E-state index in [2.05, 4.69) is 5.32 Å². The molecule has 13 heavy (non-hydrogen) atoms. The van der Waals surface area contributed by atoms with Crippen molar-refractivity contribution in [3.63, 3.8) is 0 Å². The van der Waals surface area contributed by atoms with Gasteiger partial charge in [0.1, 0.15) is 5.78 Å². The molecule has 0 aromatic heterocycles. The summed E-state index contributed by atoms with van der Waals surface area (Å²) in [7, 11) is 1.75. The van der Waals surface area contributed by atoms with E-state index in [1.54, 1.807) is 25.7 Å². The lowest BCUT2D eigenvalue weighted by atomic mass is 10.2. The number of likely N-dealkylation sites (N-methyl/N-ethyl adjacent to an activating group) is 1. The van der Waals surface area contributed by atoms with Crippen molar-refractivity contribution in [2.45, 2.75) is 19.4 Å². The molecule has 0 bridgehead atoms. The minimum Gasteiger partial charge on any atom is -0.370 e. The van der Waals surface area contributed by atoms with E-state index in [0.717, 1.165) is 0 Å². The Morgan fingerprint density at radius 1 is 1.54 bits per heavy atom. The normalized spacial score (nSPS) is 12.5. The summed E-state index contributed by atoms with van der Waals surface area (Å²) >= 11 is 1.56. The van der Waals surface area contributed by atoms with Gasteiger partial charge in [-0.2, -0.15) is 11.8 Å². The van der Waals surface area contributed by atoms with Crippen LogP contribution in [0.5, 0.6) is 0 Å². The summed E-state index contributed by atoms with van der Waals surface area (Å²) in [6.07, 6.45) is 0.374. The van der Waals surface area contributed by atoms with E-state index >= 15 is 0 Å². The maximum atomic E-state index is 10.9. The molecule has 1 amide bonds. The molecule has 1 atom stereocenters. The van der Waals surface area contributed by atoms with Crippen molar-refractivity contribution >= 4 is 23.5 Å². The molecule has 0 aliphatic heterocycles. The van der Waals surface area contributed by atoms with E-state index in [9.17, 15) is 9.59 Å². The predicted octanol–water partition coefficient (Wildman–Crippen LogP) is -0.228. The van der Waals surface area contributed by atoms with Crippen molar-refractivity contribution in [1.82, 2.24) is 5.32 Å². The van der Waals surface area contributed by atoms with Crippen LogP contribution in [0.25, 0.3) is 0 Å². The highest BCUT2D eigenvalue weighted by Crippen LogP contribution is 2.05. The van der Waals surface area contributed by atoms with Crippen LogP contribution >= 0.6 is 11.8 Å². The molecule has 0 saturated carbocycles. The Bertz CT molecular complexity index is 185. The van der Waals surface area contributed by atoms with Crippen LogP contribution in [0.3, 0.4) is 0 Å². The number of nitrogens with two attached hydrogens (primary N) is 1. The molecule has 1 unspecified atom stereocenters. The van der Waals surface area contributed by atoms with Crippen molar-refractivity contribution < 1.29 is 9.59 Å². The Labute approximate surface area is 82.6 Å². The number of Topliss-reactive ketones (excluding diaryl/α,β-unsaturated/α-hetero) is 1. The third-order valence-electron chi connectivity index (χ3n) is 1.62. The topological polar surface area (TPSA) is 72.2 Å². The maximum Gasteiger partial charge on any atom is 0.218 e. The number of amides is 1. The largest absolute Gasteiger partial charge is 0.370 e. The molecular weight excluding hydrogens is 188 g/mol. The lowest BCUT2D eigenvalue weighted by Gasteiger charge is -2.11. The molecule has 3 N–H and O–H groups in total. The smallest absolute Gasteiger partial charge is 0.218 e. The summed E-state index contributed by atoms with van der Waals surface area (Å²) in [5.41, 5.74) is 4.97. The second kappa shape index (κ2) is 6.91. The summed E-state index contributed by atoms with van der Waals surface area (Å²) in [6.45, 7) is 1.55. The quantitative estimate of drug-likeness (QED) is 0.562. The van der Waals surface area contributed by atoms with Gasteiger partial charge in [-0.1, -0.05) is 0 Å². The minimum absolute atomic E-state index is 0.113. The second-order valence-electron chi connectivity index (χ2n) is 2.74. The van der Waals surface area contributed by atoms with Crippen LogP contribution in [-0.2, 0) is 9.59 Å². The van der Waals surface area contributed by atoms with Gasteiger partial charge in [-0.25, -0.2) is 0 Å². The van der Waals surface area contributed by atoms with E-state index in [1.165, 1.54) is 0 Å². The van der Waals surface area contributed by atoms with Crippen molar-refractivity contribution in [2.75, 3.05) is 18.6 Å². The van der Waals surface area contributed by atoms with Gasteiger partial charge in [-0.15, -0.1) is 0 Å². The number of hydrogen-bond donors (Lipinski definition) is 2. The van der Waals surface area contributed by atoms with Gasteiger partial charge in [0.05, 0.1) is 6.04 Å². The van der Waals surface area contributed by atoms with E-state index < -0.39 is 0 Å². The maximum absolute atomic E-state index is 10.9. The number of nitrogens with one attached hydrogen (secondary N) is 1. The fourth-order valence-electron chi connectivity index (χ4n) is 0.778. The fourth-order valence-corrected chi connectivity index (χ4v) is 1.93. The third kappa shape index (κ3) is 6.60. The Morgan fingerprint density at radius 3 is 2.54 bits per heavy atom. The van der Waals surface area contributed by atoms with Crippen molar-refractivity contribution in [3.8, 4) is 0 Å². The first kappa shape index (κ1) is 12.4. The van der Waals surface area contributed by atoms with Gasteiger partial charge in [-0.05, 0) is 14.0 Å². The van der Waals surface area contributed by atoms with E-state index in [4.69, 9.17) is 5.73 Å². The molecule has 76 valence electrons. The number of hydrogen-bond acceptors (Lipinski definition) is 4. The standard InChI is InChI=1S/C8H16N2O2S/c1-6(11)7(10-2)5-13-4-3-8(9)12/h7,10H,3-5H2,1-2H3,(H2,9,12). The number of ketones is 1. The molecule has 0 rings (SSSR count). The van der Waals surface area contributed by atoms with Crippen LogP contribution in [0.15, 0.2) is 0 Å². The molecule has 0 spiro atoms. The van der Waals surface area contributed by atoms with Crippen molar-refractivity contribution in [2.24, 2.45) is 5.73 Å². The Kier molecular flexibility index (Phi) is 6.62. The average molecular weight is 204 g/mol. The summed E-state index contributed by atoms with van der Waals surface area (Å²) < 4.78 is 0. The molecule has 0 radical (unpaired) electrons. The van der Waals surface area contributed by atoms with Crippen LogP contribution in [0.4, 0.5) is 0 Å². The highest BCUT2D eigenvalue weighted by molar-refractivity contribution is 7.99. The van der Waals surface area contributed by atoms with Crippen LogP contribution in [0.2, 0.25) is 0 Å². The molecule has 5 heteroatoms. The zero-order valence-electron chi connectivity index (χ0n) is 8.00. The molecule has 0 fully saturated rings. The number of carbonyl (C=O) groups is 2. The molecule has 0 aliphatic carbocycles. The van der Waals surface area contributed by atoms with E-state index in [1.807, 2.05) is 0 Å². The lowest BCUT2D eigenvalue weighted by Crippen LogP contribution is -2.34. The van der Waals surface area contributed by atoms with Crippen LogP contribution in [-0.4, -0.2) is 36.3 Å². The Morgan fingerprint density at radius 2 is 2.15 bits per heavy atom. The minimum atomic E-state index is -0.295. The first-order valence-electron chi connectivity index (χ1n) is 4.11. The second-order valence-corrected chi connectivity index (χ2v) is 3.89. The first-order chi connectivity index (χ1) is 6.07. The highest BCUT2D eigenvalue weighted by atomic mass is 32.2. The monoisotopic (exact) mass is 204 g/mol. The molecule has 0 aliphatic rings. The molecule has 4 nitrogen and oxygen atoms in total. The average Bonchev–Trinajstić information content (AvgIpc) is 2.03. The van der Waals surface area contributed by atoms with Crippen molar-refractivity contribution in [1.29, 1.82) is 0 Å². The van der Waals surface area contributed by atoms with Gasteiger partial charge in [0, 0.05) is 17.9 Å². The third-order valence-corrected chi connectivity index (χ3v) is 2.68. The van der Waals surface area contributed by atoms with Crippen LogP contribution in [0.1, 0.15) is 13.3 Å². The highest BCUT2D eigenvalue weighted by Gasteiger charge is 2.10. The molecule has 0 aromatic rings. The van der Waals surface area contributed by atoms with Crippen LogP contribution < -0.4 is 11.1 Å². The predicted molar refractivity (Wildman–Crippen MR) is 54.7 cm³/mol. The summed E-state index contributed by atoms with van der Waals surface area (Å²) in [6, 6.07) is -0.113. The van der Waals surface area contributed by atoms with Gasteiger partial charge >= 0.3 is 0 Å². The van der Waals surface area contributed by atoms with Gasteiger partial charge in [0.25, 0.3) is 0 Å². The fraction of sp³-hybridized carbons (Fsp3) is 0.750. The zero-order chi connectivity index (χ0) is 10.3. The summed E-state index contributed by atoms with van der Waals surface area (Å²) in [4.78, 5) is 21.3. The Balaban J connectivity index is 3.50. The number of primary amides is 1. The summed E-state index contributed by atoms with van der Waals surface area (Å²) in [5.74, 6) is 1.20. The lowest BCUT2D eigenvalue weighted by molar-refractivity contribution is -0.118. The molecular formula is C8H16N2O2S. The summed E-state index contributed by atoms with van der Waals surface area (Å²) in [5, 5.41) is 2.90. The molecule has 0 heterocycles. The number of carbonyl (C=O) groups excluding carboxylic acids is 2. The SMILES string of the molecule is CNC(CSCCC(N)=O)C(C)=O. The van der Waals surface area contributed by atoms with Crippen LogP contribution in [0, 0.1) is 0 Å². The number of thioether (sulfide) groups is 1. The van der Waals surface area contributed by atoms with Gasteiger partial charge in [0.15, 0.2) is 0 Å².